The fourth-order valence-corrected chi connectivity index (χ4v) is 2.99. The lowest BCUT2D eigenvalue weighted by atomic mass is 10.1. The molecule has 1 aromatic carbocycles. The van der Waals surface area contributed by atoms with Gasteiger partial charge in [0.2, 0.25) is 0 Å². The molecule has 90 valence electrons. The topological polar surface area (TPSA) is 33.6 Å². The highest BCUT2D eigenvalue weighted by Crippen LogP contribution is 2.28. The zero-order valence-corrected chi connectivity index (χ0v) is 10.7. The molecule has 1 aromatic rings. The summed E-state index contributed by atoms with van der Waals surface area (Å²) < 4.78 is 5.87. The van der Waals surface area contributed by atoms with Gasteiger partial charge in [0.1, 0.15) is 11.9 Å². The standard InChI is InChI=1S/C13H16N2OS/c1-9-7-14-13(17-9)15-8-11-6-10-4-2-3-5-12(10)16-11/h2-5,9,11H,6-8H2,1H3,(H,14,15). The van der Waals surface area contributed by atoms with Crippen molar-refractivity contribution in [1.82, 2.24) is 5.32 Å². The number of ether oxygens (including phenoxy) is 1. The Balaban J connectivity index is 1.53. The van der Waals surface area contributed by atoms with E-state index in [-0.39, 0.29) is 6.10 Å². The van der Waals surface area contributed by atoms with E-state index in [0.717, 1.165) is 30.4 Å². The maximum Gasteiger partial charge on any atom is 0.157 e. The van der Waals surface area contributed by atoms with Gasteiger partial charge in [0.25, 0.3) is 0 Å². The summed E-state index contributed by atoms with van der Waals surface area (Å²) in [6.07, 6.45) is 1.24. The minimum atomic E-state index is 0.242. The van der Waals surface area contributed by atoms with Crippen molar-refractivity contribution in [3.05, 3.63) is 29.8 Å². The molecule has 2 unspecified atom stereocenters. The molecule has 1 N–H and O–H groups in total. The summed E-state index contributed by atoms with van der Waals surface area (Å²) in [7, 11) is 0. The first-order valence-corrected chi connectivity index (χ1v) is 6.89. The number of para-hydroxylation sites is 1. The molecular weight excluding hydrogens is 232 g/mol. The second-order valence-electron chi connectivity index (χ2n) is 4.51. The highest BCUT2D eigenvalue weighted by Gasteiger charge is 2.23. The fourth-order valence-electron chi connectivity index (χ4n) is 2.14. The largest absolute Gasteiger partial charge is 0.488 e. The quantitative estimate of drug-likeness (QED) is 0.870. The lowest BCUT2D eigenvalue weighted by molar-refractivity contribution is 0.235. The number of nitrogens with zero attached hydrogens (tertiary/aromatic N) is 1. The number of nitrogens with one attached hydrogen (secondary N) is 1. The van der Waals surface area contributed by atoms with E-state index in [9.17, 15) is 0 Å². The van der Waals surface area contributed by atoms with Crippen LogP contribution in [0, 0.1) is 0 Å². The van der Waals surface area contributed by atoms with E-state index in [1.165, 1.54) is 5.56 Å². The number of fused-ring (bicyclic) bond motifs is 1. The molecule has 0 radical (unpaired) electrons. The van der Waals surface area contributed by atoms with Crippen molar-refractivity contribution in [2.24, 2.45) is 4.99 Å². The van der Waals surface area contributed by atoms with Crippen LogP contribution in [0.25, 0.3) is 0 Å². The van der Waals surface area contributed by atoms with Crippen molar-refractivity contribution in [3.8, 4) is 5.75 Å². The van der Waals surface area contributed by atoms with Gasteiger partial charge in [0, 0.05) is 11.7 Å². The SMILES string of the molecule is CC1CN=C(NCC2Cc3ccccc3O2)S1. The molecule has 0 aliphatic carbocycles. The number of hydrogen-bond acceptors (Lipinski definition) is 4. The first kappa shape index (κ1) is 11.0. The molecule has 3 rings (SSSR count). The Labute approximate surface area is 106 Å². The molecular formula is C13H16N2OS. The number of amidine groups is 1. The lowest BCUT2D eigenvalue weighted by Crippen LogP contribution is -2.32. The molecule has 2 atom stereocenters. The van der Waals surface area contributed by atoms with Gasteiger partial charge in [0.05, 0.1) is 13.1 Å². The van der Waals surface area contributed by atoms with Crippen LogP contribution in [0.1, 0.15) is 12.5 Å². The van der Waals surface area contributed by atoms with Crippen LogP contribution in [0.5, 0.6) is 5.75 Å². The molecule has 0 saturated heterocycles. The second kappa shape index (κ2) is 4.61. The minimum absolute atomic E-state index is 0.242. The highest BCUT2D eigenvalue weighted by atomic mass is 32.2. The van der Waals surface area contributed by atoms with Gasteiger partial charge in [-0.25, -0.2) is 0 Å². The Bertz CT molecular complexity index is 422. The summed E-state index contributed by atoms with van der Waals surface area (Å²) in [5.41, 5.74) is 1.31. The van der Waals surface area contributed by atoms with Gasteiger partial charge in [-0.05, 0) is 11.6 Å². The third-order valence-corrected chi connectivity index (χ3v) is 4.05. The van der Waals surface area contributed by atoms with E-state index in [1.807, 2.05) is 23.9 Å². The Morgan fingerprint density at radius 3 is 3.12 bits per heavy atom. The molecule has 2 aliphatic rings. The smallest absolute Gasteiger partial charge is 0.157 e. The summed E-state index contributed by atoms with van der Waals surface area (Å²) in [4.78, 5) is 4.44. The van der Waals surface area contributed by atoms with Gasteiger partial charge >= 0.3 is 0 Å². The molecule has 2 aliphatic heterocycles. The van der Waals surface area contributed by atoms with Crippen molar-refractivity contribution in [1.29, 1.82) is 0 Å². The number of thioether (sulfide) groups is 1. The molecule has 0 saturated carbocycles. The number of benzene rings is 1. The van der Waals surface area contributed by atoms with Gasteiger partial charge in [-0.15, -0.1) is 0 Å². The monoisotopic (exact) mass is 248 g/mol. The van der Waals surface area contributed by atoms with Gasteiger partial charge in [-0.1, -0.05) is 36.9 Å². The Morgan fingerprint density at radius 2 is 2.35 bits per heavy atom. The summed E-state index contributed by atoms with van der Waals surface area (Å²) in [5.74, 6) is 1.04. The molecule has 17 heavy (non-hydrogen) atoms. The van der Waals surface area contributed by atoms with Gasteiger partial charge < -0.3 is 10.1 Å². The number of rotatable bonds is 2. The van der Waals surface area contributed by atoms with Crippen LogP contribution in [0.15, 0.2) is 29.3 Å². The van der Waals surface area contributed by atoms with E-state index in [2.05, 4.69) is 29.4 Å². The molecule has 0 spiro atoms. The van der Waals surface area contributed by atoms with E-state index in [0.29, 0.717) is 5.25 Å². The zero-order chi connectivity index (χ0) is 11.7. The number of hydrogen-bond donors (Lipinski definition) is 1. The lowest BCUT2D eigenvalue weighted by Gasteiger charge is -2.12. The second-order valence-corrected chi connectivity index (χ2v) is 5.93. The summed E-state index contributed by atoms with van der Waals surface area (Å²) in [5, 5.41) is 5.05. The molecule has 0 fully saturated rings. The predicted molar refractivity (Wildman–Crippen MR) is 71.9 cm³/mol. The van der Waals surface area contributed by atoms with Crippen LogP contribution in [-0.2, 0) is 6.42 Å². The Morgan fingerprint density at radius 1 is 1.47 bits per heavy atom. The van der Waals surface area contributed by atoms with E-state index >= 15 is 0 Å². The van der Waals surface area contributed by atoms with Crippen LogP contribution in [0.4, 0.5) is 0 Å². The molecule has 0 bridgehead atoms. The van der Waals surface area contributed by atoms with Crippen LogP contribution in [0.3, 0.4) is 0 Å². The fraction of sp³-hybridized carbons (Fsp3) is 0.462. The predicted octanol–water partition coefficient (Wildman–Crippen LogP) is 2.07. The molecule has 2 heterocycles. The van der Waals surface area contributed by atoms with Crippen molar-refractivity contribution < 1.29 is 4.74 Å². The summed E-state index contributed by atoms with van der Waals surface area (Å²) in [6, 6.07) is 8.27. The average molecular weight is 248 g/mol. The van der Waals surface area contributed by atoms with E-state index in [4.69, 9.17) is 4.74 Å². The van der Waals surface area contributed by atoms with Crippen LogP contribution >= 0.6 is 11.8 Å². The Hall–Kier alpha value is -1.16. The molecule has 0 aromatic heterocycles. The van der Waals surface area contributed by atoms with Crippen LogP contribution < -0.4 is 10.1 Å². The zero-order valence-electron chi connectivity index (χ0n) is 9.85. The number of aliphatic imine (C=N–C) groups is 1. The van der Waals surface area contributed by atoms with Gasteiger partial charge in [-0.3, -0.25) is 4.99 Å². The van der Waals surface area contributed by atoms with Gasteiger partial charge in [-0.2, -0.15) is 0 Å². The summed E-state index contributed by atoms with van der Waals surface area (Å²) in [6.45, 7) is 3.97. The highest BCUT2D eigenvalue weighted by molar-refractivity contribution is 8.14. The van der Waals surface area contributed by atoms with Crippen molar-refractivity contribution in [3.63, 3.8) is 0 Å². The minimum Gasteiger partial charge on any atom is -0.488 e. The summed E-state index contributed by atoms with van der Waals surface area (Å²) >= 11 is 1.82. The third kappa shape index (κ3) is 2.41. The van der Waals surface area contributed by atoms with Crippen molar-refractivity contribution >= 4 is 16.9 Å². The van der Waals surface area contributed by atoms with Crippen LogP contribution in [0.2, 0.25) is 0 Å². The maximum absolute atomic E-state index is 5.87. The first-order valence-electron chi connectivity index (χ1n) is 6.01. The van der Waals surface area contributed by atoms with E-state index in [1.54, 1.807) is 0 Å². The van der Waals surface area contributed by atoms with Gasteiger partial charge in [0.15, 0.2) is 5.17 Å². The first-order chi connectivity index (χ1) is 8.31. The normalized spacial score (nSPS) is 26.3. The third-order valence-electron chi connectivity index (χ3n) is 3.00. The maximum atomic E-state index is 5.87. The molecule has 4 heteroatoms. The molecule has 3 nitrogen and oxygen atoms in total. The average Bonchev–Trinajstić information content (AvgIpc) is 2.91. The Kier molecular flexibility index (Phi) is 2.97. The van der Waals surface area contributed by atoms with E-state index < -0.39 is 0 Å². The van der Waals surface area contributed by atoms with Crippen LogP contribution in [-0.4, -0.2) is 29.6 Å². The van der Waals surface area contributed by atoms with Crippen molar-refractivity contribution in [2.45, 2.75) is 24.7 Å². The molecule has 0 amide bonds. The van der Waals surface area contributed by atoms with Crippen molar-refractivity contribution in [2.75, 3.05) is 13.1 Å².